The minimum Gasteiger partial charge on any atom is -0.376 e. The summed E-state index contributed by atoms with van der Waals surface area (Å²) in [6, 6.07) is 25.8. The second-order valence-electron chi connectivity index (χ2n) is 8.02. The van der Waals surface area contributed by atoms with Crippen molar-refractivity contribution in [3.63, 3.8) is 0 Å². The molecule has 2 aliphatic rings. The van der Waals surface area contributed by atoms with Gasteiger partial charge in [0.25, 0.3) is 5.91 Å². The van der Waals surface area contributed by atoms with Crippen LogP contribution in [-0.2, 0) is 9.53 Å². The highest BCUT2D eigenvalue weighted by Crippen LogP contribution is 2.35. The van der Waals surface area contributed by atoms with Crippen molar-refractivity contribution in [3.05, 3.63) is 94.4 Å². The quantitative estimate of drug-likeness (QED) is 0.329. The first kappa shape index (κ1) is 23.2. The number of amidine groups is 1. The van der Waals surface area contributed by atoms with E-state index < -0.39 is 0 Å². The molecule has 7 heteroatoms. The predicted molar refractivity (Wildman–Crippen MR) is 142 cm³/mol. The van der Waals surface area contributed by atoms with Crippen LogP contribution in [0.2, 0.25) is 5.02 Å². The molecule has 1 amide bonds. The van der Waals surface area contributed by atoms with E-state index in [1.807, 2.05) is 72.8 Å². The maximum absolute atomic E-state index is 13.3. The van der Waals surface area contributed by atoms with Crippen LogP contribution in [0, 0.1) is 0 Å². The molecule has 0 aliphatic carbocycles. The van der Waals surface area contributed by atoms with Gasteiger partial charge in [0.15, 0.2) is 5.17 Å². The van der Waals surface area contributed by atoms with Gasteiger partial charge in [0.2, 0.25) is 0 Å². The lowest BCUT2D eigenvalue weighted by Gasteiger charge is -2.19. The molecule has 2 heterocycles. The van der Waals surface area contributed by atoms with E-state index in [2.05, 4.69) is 12.1 Å². The van der Waals surface area contributed by atoms with Crippen LogP contribution >= 0.6 is 35.1 Å². The number of carbonyl (C=O) groups excluding carboxylic acids is 1. The van der Waals surface area contributed by atoms with Gasteiger partial charge in [0, 0.05) is 21.4 Å². The molecule has 0 saturated carbocycles. The zero-order chi connectivity index (χ0) is 23.3. The zero-order valence-electron chi connectivity index (χ0n) is 18.4. The number of amides is 1. The number of carbonyl (C=O) groups is 1. The molecule has 0 aromatic heterocycles. The molecule has 1 unspecified atom stereocenters. The summed E-state index contributed by atoms with van der Waals surface area (Å²) in [6.45, 7) is 1.29. The molecule has 0 N–H and O–H groups in total. The normalized spacial score (nSPS) is 20.6. The minimum absolute atomic E-state index is 0.0187. The Labute approximate surface area is 213 Å². The Kier molecular flexibility index (Phi) is 7.40. The van der Waals surface area contributed by atoms with Crippen LogP contribution in [0.3, 0.4) is 0 Å². The average Bonchev–Trinajstić information content (AvgIpc) is 3.47. The molecule has 3 aromatic rings. The lowest BCUT2D eigenvalue weighted by Crippen LogP contribution is -2.36. The smallest absolute Gasteiger partial charge is 0.266 e. The maximum atomic E-state index is 13.3. The SMILES string of the molecule is O=C1/C(=C/c2ccc(Sc3ccc(Cl)cc3)cc2)SC(=Nc2ccccc2)N1CC1CCCO1. The fourth-order valence-corrected chi connectivity index (χ4v) is 5.73. The Morgan fingerprint density at radius 2 is 1.74 bits per heavy atom. The zero-order valence-corrected chi connectivity index (χ0v) is 20.8. The van der Waals surface area contributed by atoms with Gasteiger partial charge in [-0.3, -0.25) is 9.69 Å². The van der Waals surface area contributed by atoms with Crippen molar-refractivity contribution >= 4 is 58.0 Å². The van der Waals surface area contributed by atoms with Crippen molar-refractivity contribution in [2.75, 3.05) is 13.2 Å². The highest BCUT2D eigenvalue weighted by atomic mass is 35.5. The second kappa shape index (κ2) is 10.8. The van der Waals surface area contributed by atoms with Crippen molar-refractivity contribution in [2.24, 2.45) is 4.99 Å². The standard InChI is InChI=1S/C27H23ClN2O2S2/c28-20-10-14-24(15-11-20)33-23-12-8-19(9-13-23)17-25-26(31)30(18-22-7-4-16-32-22)27(34-25)29-21-5-2-1-3-6-21/h1-3,5-6,8-15,17,22H,4,7,16,18H2/b25-17-,29-27?. The molecule has 0 radical (unpaired) electrons. The molecule has 0 spiro atoms. The Morgan fingerprint density at radius 3 is 2.41 bits per heavy atom. The first-order valence-electron chi connectivity index (χ1n) is 11.1. The van der Waals surface area contributed by atoms with Crippen molar-refractivity contribution in [2.45, 2.75) is 28.7 Å². The van der Waals surface area contributed by atoms with Crippen molar-refractivity contribution < 1.29 is 9.53 Å². The first-order chi connectivity index (χ1) is 16.6. The topological polar surface area (TPSA) is 41.9 Å². The van der Waals surface area contributed by atoms with E-state index in [9.17, 15) is 4.79 Å². The van der Waals surface area contributed by atoms with Crippen molar-refractivity contribution in [1.29, 1.82) is 0 Å². The maximum Gasteiger partial charge on any atom is 0.266 e. The molecule has 3 aromatic carbocycles. The van der Waals surface area contributed by atoms with E-state index in [0.717, 1.165) is 45.5 Å². The number of nitrogens with zero attached hydrogens (tertiary/aromatic N) is 2. The second-order valence-corrected chi connectivity index (χ2v) is 10.6. The molecular weight excluding hydrogens is 484 g/mol. The van der Waals surface area contributed by atoms with Gasteiger partial charge in [0.05, 0.1) is 23.2 Å². The van der Waals surface area contributed by atoms with E-state index >= 15 is 0 Å². The van der Waals surface area contributed by atoms with Gasteiger partial charge in [0.1, 0.15) is 0 Å². The van der Waals surface area contributed by atoms with Gasteiger partial charge >= 0.3 is 0 Å². The van der Waals surface area contributed by atoms with Gasteiger partial charge < -0.3 is 4.74 Å². The minimum atomic E-state index is -0.0187. The monoisotopic (exact) mass is 506 g/mol. The van der Waals surface area contributed by atoms with Crippen LogP contribution in [0.1, 0.15) is 18.4 Å². The molecule has 4 nitrogen and oxygen atoms in total. The number of halogens is 1. The van der Waals surface area contributed by atoms with Gasteiger partial charge in [-0.25, -0.2) is 4.99 Å². The summed E-state index contributed by atoms with van der Waals surface area (Å²) >= 11 is 9.07. The summed E-state index contributed by atoms with van der Waals surface area (Å²) in [7, 11) is 0. The average molecular weight is 507 g/mol. The molecule has 1 atom stereocenters. The fourth-order valence-electron chi connectivity index (χ4n) is 3.78. The number of hydrogen-bond acceptors (Lipinski definition) is 5. The van der Waals surface area contributed by atoms with Crippen LogP contribution < -0.4 is 0 Å². The number of thioether (sulfide) groups is 1. The van der Waals surface area contributed by atoms with E-state index in [1.165, 1.54) is 11.8 Å². The summed E-state index contributed by atoms with van der Waals surface area (Å²) in [5.41, 5.74) is 1.81. The first-order valence-corrected chi connectivity index (χ1v) is 13.2. The largest absolute Gasteiger partial charge is 0.376 e. The highest BCUT2D eigenvalue weighted by Gasteiger charge is 2.35. The number of benzene rings is 3. The third kappa shape index (κ3) is 5.76. The summed E-state index contributed by atoms with van der Waals surface area (Å²) < 4.78 is 5.80. The predicted octanol–water partition coefficient (Wildman–Crippen LogP) is 7.27. The van der Waals surface area contributed by atoms with Gasteiger partial charge in [-0.2, -0.15) is 0 Å². The Bertz CT molecular complexity index is 1210. The summed E-state index contributed by atoms with van der Waals surface area (Å²) in [5.74, 6) is -0.0187. The third-order valence-electron chi connectivity index (χ3n) is 5.51. The van der Waals surface area contributed by atoms with Crippen LogP contribution in [0.4, 0.5) is 5.69 Å². The van der Waals surface area contributed by atoms with E-state index in [4.69, 9.17) is 21.3 Å². The summed E-state index contributed by atoms with van der Waals surface area (Å²) in [5, 5.41) is 1.43. The number of aliphatic imine (C=N–C) groups is 1. The van der Waals surface area contributed by atoms with Crippen molar-refractivity contribution in [1.82, 2.24) is 4.90 Å². The Hall–Kier alpha value is -2.51. The number of hydrogen-bond donors (Lipinski definition) is 0. The molecular formula is C27H23ClN2O2S2. The lowest BCUT2D eigenvalue weighted by molar-refractivity contribution is -0.123. The van der Waals surface area contributed by atoms with E-state index in [1.54, 1.807) is 16.7 Å². The van der Waals surface area contributed by atoms with Gasteiger partial charge in [-0.1, -0.05) is 53.7 Å². The molecule has 172 valence electrons. The van der Waals surface area contributed by atoms with Gasteiger partial charge in [-0.05, 0) is 84.8 Å². The Balaban J connectivity index is 1.35. The molecule has 2 fully saturated rings. The fraction of sp³-hybridized carbons (Fsp3) is 0.185. The molecule has 34 heavy (non-hydrogen) atoms. The van der Waals surface area contributed by atoms with Crippen LogP contribution in [-0.4, -0.2) is 35.2 Å². The van der Waals surface area contributed by atoms with E-state index in [-0.39, 0.29) is 12.0 Å². The molecule has 5 rings (SSSR count). The van der Waals surface area contributed by atoms with Gasteiger partial charge in [-0.15, -0.1) is 0 Å². The number of ether oxygens (including phenoxy) is 1. The van der Waals surface area contributed by atoms with Crippen molar-refractivity contribution in [3.8, 4) is 0 Å². The third-order valence-corrected chi connectivity index (χ3v) is 7.78. The van der Waals surface area contributed by atoms with E-state index in [0.29, 0.717) is 16.6 Å². The molecule has 2 saturated heterocycles. The van der Waals surface area contributed by atoms with Crippen LogP contribution in [0.15, 0.2) is 98.6 Å². The van der Waals surface area contributed by atoms with Crippen LogP contribution in [0.5, 0.6) is 0 Å². The molecule has 0 bridgehead atoms. The summed E-state index contributed by atoms with van der Waals surface area (Å²) in [4.78, 5) is 22.8. The molecule has 2 aliphatic heterocycles. The number of para-hydroxylation sites is 1. The highest BCUT2D eigenvalue weighted by molar-refractivity contribution is 8.18. The Morgan fingerprint density at radius 1 is 1.03 bits per heavy atom. The lowest BCUT2D eigenvalue weighted by atomic mass is 10.2. The summed E-state index contributed by atoms with van der Waals surface area (Å²) in [6.07, 6.45) is 4.02. The number of rotatable bonds is 6. The van der Waals surface area contributed by atoms with Crippen LogP contribution in [0.25, 0.3) is 6.08 Å².